The van der Waals surface area contributed by atoms with Gasteiger partial charge in [0.15, 0.2) is 0 Å². The fourth-order valence-corrected chi connectivity index (χ4v) is 1.37. The van der Waals surface area contributed by atoms with Crippen molar-refractivity contribution in [2.45, 2.75) is 25.8 Å². The first kappa shape index (κ1) is 17.7. The van der Waals surface area contributed by atoms with Crippen molar-refractivity contribution in [3.05, 3.63) is 35.1 Å². The fourth-order valence-electron chi connectivity index (χ4n) is 1.37. The van der Waals surface area contributed by atoms with Crippen molar-refractivity contribution in [3.63, 3.8) is 0 Å². The number of rotatable bonds is 4. The van der Waals surface area contributed by atoms with Crippen LogP contribution in [0.4, 0.5) is 13.2 Å². The molecular formula is C12H15ClF3NO2. The standard InChI is InChI=1S/C12H14F3NO2.ClH/c1-3-18-11(17)12(14,15)10(16)8-5-4-7(2)9(13)6-8;/h4-6,10H,3,16H2,1-2H3;1H/t10-;/m1./s1. The molecule has 0 amide bonds. The number of hydrogen-bond acceptors (Lipinski definition) is 3. The molecule has 1 aromatic rings. The van der Waals surface area contributed by atoms with E-state index in [1.807, 2.05) is 0 Å². The molecule has 3 nitrogen and oxygen atoms in total. The molecule has 0 aliphatic heterocycles. The van der Waals surface area contributed by atoms with E-state index in [0.29, 0.717) is 5.56 Å². The molecule has 19 heavy (non-hydrogen) atoms. The highest BCUT2D eigenvalue weighted by Crippen LogP contribution is 2.31. The summed E-state index contributed by atoms with van der Waals surface area (Å²) in [5.41, 5.74) is 5.46. The number of aryl methyl sites for hydroxylation is 1. The van der Waals surface area contributed by atoms with Crippen LogP contribution in [0.2, 0.25) is 0 Å². The van der Waals surface area contributed by atoms with E-state index >= 15 is 0 Å². The Morgan fingerprint density at radius 2 is 2.05 bits per heavy atom. The Balaban J connectivity index is 0.00000324. The van der Waals surface area contributed by atoms with Crippen molar-refractivity contribution >= 4 is 18.4 Å². The highest BCUT2D eigenvalue weighted by molar-refractivity contribution is 5.85. The number of halogens is 4. The molecule has 0 saturated carbocycles. The van der Waals surface area contributed by atoms with Crippen LogP contribution in [0.5, 0.6) is 0 Å². The lowest BCUT2D eigenvalue weighted by molar-refractivity contribution is -0.174. The van der Waals surface area contributed by atoms with E-state index in [-0.39, 0.29) is 24.6 Å². The molecule has 1 atom stereocenters. The van der Waals surface area contributed by atoms with E-state index in [9.17, 15) is 18.0 Å². The van der Waals surface area contributed by atoms with Crippen LogP contribution in [0.15, 0.2) is 18.2 Å². The lowest BCUT2D eigenvalue weighted by Crippen LogP contribution is -2.41. The highest BCUT2D eigenvalue weighted by atomic mass is 35.5. The largest absolute Gasteiger partial charge is 0.462 e. The third-order valence-electron chi connectivity index (χ3n) is 2.49. The molecule has 1 aromatic carbocycles. The van der Waals surface area contributed by atoms with Gasteiger partial charge in [-0.1, -0.05) is 12.1 Å². The minimum absolute atomic E-state index is 0. The lowest BCUT2D eigenvalue weighted by Gasteiger charge is -2.22. The normalized spacial score (nSPS) is 12.5. The van der Waals surface area contributed by atoms with E-state index < -0.39 is 23.8 Å². The monoisotopic (exact) mass is 297 g/mol. The average molecular weight is 298 g/mol. The van der Waals surface area contributed by atoms with Gasteiger partial charge in [0, 0.05) is 0 Å². The number of alkyl halides is 2. The Hall–Kier alpha value is -1.27. The summed E-state index contributed by atoms with van der Waals surface area (Å²) in [6.45, 7) is 2.72. The van der Waals surface area contributed by atoms with Gasteiger partial charge in [-0.05, 0) is 31.0 Å². The number of benzene rings is 1. The second-order valence-electron chi connectivity index (χ2n) is 3.83. The number of nitrogens with two attached hydrogens (primary N) is 1. The van der Waals surface area contributed by atoms with Crippen LogP contribution in [0.25, 0.3) is 0 Å². The minimum Gasteiger partial charge on any atom is -0.462 e. The third kappa shape index (κ3) is 3.84. The van der Waals surface area contributed by atoms with Crippen LogP contribution in [0.1, 0.15) is 24.1 Å². The van der Waals surface area contributed by atoms with Gasteiger partial charge in [-0.2, -0.15) is 8.78 Å². The van der Waals surface area contributed by atoms with Crippen molar-refractivity contribution in [3.8, 4) is 0 Å². The van der Waals surface area contributed by atoms with E-state index in [2.05, 4.69) is 4.74 Å². The Kier molecular flexibility index (Phi) is 6.32. The molecule has 0 unspecified atom stereocenters. The summed E-state index contributed by atoms with van der Waals surface area (Å²) >= 11 is 0. The summed E-state index contributed by atoms with van der Waals surface area (Å²) in [7, 11) is 0. The summed E-state index contributed by atoms with van der Waals surface area (Å²) < 4.78 is 44.7. The predicted octanol–water partition coefficient (Wildman–Crippen LogP) is 2.75. The first-order valence-electron chi connectivity index (χ1n) is 5.37. The average Bonchev–Trinajstić information content (AvgIpc) is 2.32. The second-order valence-corrected chi connectivity index (χ2v) is 3.83. The number of carbonyl (C=O) groups is 1. The maximum Gasteiger partial charge on any atom is 0.379 e. The van der Waals surface area contributed by atoms with Crippen LogP contribution in [0, 0.1) is 12.7 Å². The van der Waals surface area contributed by atoms with Crippen LogP contribution in [0.3, 0.4) is 0 Å². The predicted molar refractivity (Wildman–Crippen MR) is 66.9 cm³/mol. The van der Waals surface area contributed by atoms with Gasteiger partial charge in [-0.25, -0.2) is 9.18 Å². The van der Waals surface area contributed by atoms with E-state index in [1.165, 1.54) is 26.0 Å². The Morgan fingerprint density at radius 3 is 2.53 bits per heavy atom. The van der Waals surface area contributed by atoms with Crippen molar-refractivity contribution in [1.29, 1.82) is 0 Å². The molecule has 0 aliphatic rings. The molecule has 0 fully saturated rings. The van der Waals surface area contributed by atoms with Crippen LogP contribution >= 0.6 is 12.4 Å². The topological polar surface area (TPSA) is 52.3 Å². The first-order chi connectivity index (χ1) is 8.30. The number of carbonyl (C=O) groups excluding carboxylic acids is 1. The number of esters is 1. The molecule has 0 spiro atoms. The zero-order chi connectivity index (χ0) is 13.9. The molecule has 0 heterocycles. The minimum atomic E-state index is -3.89. The maximum atomic E-state index is 13.6. The van der Waals surface area contributed by atoms with Crippen molar-refractivity contribution in [2.75, 3.05) is 6.61 Å². The summed E-state index contributed by atoms with van der Waals surface area (Å²) in [5, 5.41) is 0. The summed E-state index contributed by atoms with van der Waals surface area (Å²) in [6, 6.07) is 1.54. The van der Waals surface area contributed by atoms with E-state index in [0.717, 1.165) is 6.07 Å². The van der Waals surface area contributed by atoms with Crippen LogP contribution in [-0.4, -0.2) is 18.5 Å². The Labute approximate surface area is 115 Å². The van der Waals surface area contributed by atoms with Crippen LogP contribution in [-0.2, 0) is 9.53 Å². The maximum absolute atomic E-state index is 13.6. The van der Waals surface area contributed by atoms with Gasteiger partial charge in [0.25, 0.3) is 0 Å². The third-order valence-corrected chi connectivity index (χ3v) is 2.49. The van der Waals surface area contributed by atoms with Gasteiger partial charge in [0.05, 0.1) is 6.61 Å². The van der Waals surface area contributed by atoms with Crippen molar-refractivity contribution in [2.24, 2.45) is 5.73 Å². The van der Waals surface area contributed by atoms with Gasteiger partial charge >= 0.3 is 11.9 Å². The number of ether oxygens (including phenoxy) is 1. The molecule has 1 rings (SSSR count). The molecule has 2 N–H and O–H groups in total. The summed E-state index contributed by atoms with van der Waals surface area (Å²) in [4.78, 5) is 11.1. The Bertz CT molecular complexity index is 455. The number of hydrogen-bond donors (Lipinski definition) is 1. The molecule has 7 heteroatoms. The summed E-state index contributed by atoms with van der Waals surface area (Å²) in [6.07, 6.45) is 0. The van der Waals surface area contributed by atoms with E-state index in [4.69, 9.17) is 5.73 Å². The zero-order valence-electron chi connectivity index (χ0n) is 10.5. The van der Waals surface area contributed by atoms with Gasteiger partial charge in [0.1, 0.15) is 11.9 Å². The van der Waals surface area contributed by atoms with Gasteiger partial charge in [-0.3, -0.25) is 0 Å². The smallest absolute Gasteiger partial charge is 0.379 e. The molecule has 0 aliphatic carbocycles. The fraction of sp³-hybridized carbons (Fsp3) is 0.417. The van der Waals surface area contributed by atoms with Gasteiger partial charge in [0.2, 0.25) is 0 Å². The molecule has 0 aromatic heterocycles. The van der Waals surface area contributed by atoms with Gasteiger partial charge in [-0.15, -0.1) is 12.4 Å². The SMILES string of the molecule is CCOC(=O)C(F)(F)[C@H](N)c1ccc(C)c(F)c1.Cl. The summed E-state index contributed by atoms with van der Waals surface area (Å²) in [5.74, 6) is -6.25. The second kappa shape index (κ2) is 6.77. The lowest BCUT2D eigenvalue weighted by atomic mass is 10.00. The molecule has 0 saturated heterocycles. The molecule has 0 radical (unpaired) electrons. The first-order valence-corrected chi connectivity index (χ1v) is 5.37. The molecule has 0 bridgehead atoms. The quantitative estimate of drug-likeness (QED) is 0.870. The Morgan fingerprint density at radius 1 is 1.47 bits per heavy atom. The molecule has 108 valence electrons. The van der Waals surface area contributed by atoms with E-state index in [1.54, 1.807) is 0 Å². The van der Waals surface area contributed by atoms with Crippen molar-refractivity contribution < 1.29 is 22.7 Å². The van der Waals surface area contributed by atoms with Crippen molar-refractivity contribution in [1.82, 2.24) is 0 Å². The molecular weight excluding hydrogens is 283 g/mol. The zero-order valence-corrected chi connectivity index (χ0v) is 11.3. The van der Waals surface area contributed by atoms with Crippen LogP contribution < -0.4 is 5.73 Å². The van der Waals surface area contributed by atoms with Gasteiger partial charge < -0.3 is 10.5 Å². The highest BCUT2D eigenvalue weighted by Gasteiger charge is 2.47.